The molecular weight excluding hydrogens is 523 g/mol. The molecule has 6 heteroatoms. The van der Waals surface area contributed by atoms with Gasteiger partial charge in [-0.1, -0.05) is 20.8 Å². The normalized spacial score (nSPS) is 47.9. The Morgan fingerprint density at radius 3 is 1.54 bits per heavy atom. The highest BCUT2D eigenvalue weighted by Crippen LogP contribution is 2.65. The van der Waals surface area contributed by atoms with Crippen LogP contribution in [0.1, 0.15) is 112 Å². The van der Waals surface area contributed by atoms with E-state index < -0.39 is 0 Å². The fourth-order valence-electron chi connectivity index (χ4n) is 11.2. The lowest BCUT2D eigenvalue weighted by atomic mass is 9.56. The molecule has 216 valence electrons. The molecule has 8 aliphatic carbocycles. The number of ether oxygens (including phenoxy) is 1. The molecule has 0 spiro atoms. The van der Waals surface area contributed by atoms with Gasteiger partial charge in [-0.25, -0.2) is 0 Å². The predicted molar refractivity (Wildman–Crippen MR) is 160 cm³/mol. The summed E-state index contributed by atoms with van der Waals surface area (Å²) in [6.07, 6.45) is 18.3. The van der Waals surface area contributed by atoms with Crippen LogP contribution in [-0.4, -0.2) is 43.1 Å². The summed E-state index contributed by atoms with van der Waals surface area (Å²) in [5.74, 6) is 5.10. The topological polar surface area (TPSA) is 46.6 Å². The van der Waals surface area contributed by atoms with Gasteiger partial charge in [0.1, 0.15) is 5.37 Å². The Balaban J connectivity index is 1.27. The van der Waals surface area contributed by atoms with E-state index in [0.29, 0.717) is 4.75 Å². The second-order valence-corrected chi connectivity index (χ2v) is 19.2. The minimum Gasteiger partial charge on any atom is -0.455 e. The van der Waals surface area contributed by atoms with Gasteiger partial charge in [-0.05, 0) is 130 Å². The summed E-state index contributed by atoms with van der Waals surface area (Å²) in [6, 6.07) is 0. The van der Waals surface area contributed by atoms with Gasteiger partial charge in [0.15, 0.2) is 6.10 Å². The van der Waals surface area contributed by atoms with Gasteiger partial charge in [0.2, 0.25) is 5.91 Å². The average molecular weight is 572 g/mol. The third-order valence-corrected chi connectivity index (χ3v) is 15.0. The molecule has 0 aromatic heterocycles. The first-order chi connectivity index (χ1) is 18.4. The summed E-state index contributed by atoms with van der Waals surface area (Å²) in [5, 5.41) is -0.125. The first-order valence-corrected chi connectivity index (χ1v) is 17.7. The van der Waals surface area contributed by atoms with Crippen molar-refractivity contribution in [3.8, 4) is 0 Å². The lowest BCUT2D eigenvalue weighted by molar-refractivity contribution is -0.149. The van der Waals surface area contributed by atoms with Crippen LogP contribution in [0.15, 0.2) is 11.6 Å². The Morgan fingerprint density at radius 2 is 1.18 bits per heavy atom. The lowest BCUT2D eigenvalue weighted by Gasteiger charge is -2.60. The first-order valence-electron chi connectivity index (χ1n) is 15.9. The standard InChI is InChI=1S/C33H49NO3S2/c1-19(35)34-28(38-32-13-21-6-22(14-32)8-23(7-21)15-32)12-27(31(3,4)5)29(37-20(2)36)30(34)39-33-16-24-9-25(17-33)11-26(10-24)18-33/h12,21-26,28-30H,6-11,13-18H2,1-5H3/t21?,22?,23?,24?,25?,26?,28-,29-,30+,32?,33?/m1/s1. The van der Waals surface area contributed by atoms with E-state index in [4.69, 9.17) is 4.74 Å². The zero-order valence-electron chi connectivity index (χ0n) is 24.7. The van der Waals surface area contributed by atoms with Gasteiger partial charge in [0, 0.05) is 23.3 Å². The maximum absolute atomic E-state index is 13.7. The molecule has 1 heterocycles. The van der Waals surface area contributed by atoms with Gasteiger partial charge in [-0.3, -0.25) is 9.59 Å². The Morgan fingerprint density at radius 1 is 0.769 bits per heavy atom. The van der Waals surface area contributed by atoms with Crippen molar-refractivity contribution in [2.45, 2.75) is 138 Å². The number of hydrogen-bond donors (Lipinski definition) is 0. The second-order valence-electron chi connectivity index (χ2n) is 16.0. The van der Waals surface area contributed by atoms with Crippen LogP contribution in [0.2, 0.25) is 0 Å². The molecule has 4 nitrogen and oxygen atoms in total. The molecule has 3 atom stereocenters. The van der Waals surface area contributed by atoms with Crippen molar-refractivity contribution in [3.05, 3.63) is 11.6 Å². The van der Waals surface area contributed by atoms with Crippen molar-refractivity contribution in [2.75, 3.05) is 0 Å². The Bertz CT molecular complexity index is 989. The third kappa shape index (κ3) is 4.93. The number of amides is 1. The molecule has 39 heavy (non-hydrogen) atoms. The molecule has 1 amide bonds. The third-order valence-electron chi connectivity index (χ3n) is 11.7. The minimum atomic E-state index is -0.377. The van der Waals surface area contributed by atoms with Gasteiger partial charge < -0.3 is 9.64 Å². The summed E-state index contributed by atoms with van der Waals surface area (Å²) in [5.41, 5.74) is 1.09. The highest BCUT2D eigenvalue weighted by atomic mass is 32.2. The fourth-order valence-corrected chi connectivity index (χ4v) is 15.6. The number of nitrogens with zero attached hydrogens (tertiary/aromatic N) is 1. The fraction of sp³-hybridized carbons (Fsp3) is 0.879. The minimum absolute atomic E-state index is 0.0196. The summed E-state index contributed by atoms with van der Waals surface area (Å²) >= 11 is 4.18. The van der Waals surface area contributed by atoms with Crippen molar-refractivity contribution in [3.63, 3.8) is 0 Å². The number of rotatable bonds is 5. The highest BCUT2D eigenvalue weighted by molar-refractivity contribution is 8.02. The molecule has 8 bridgehead atoms. The lowest BCUT2D eigenvalue weighted by Crippen LogP contribution is -2.59. The zero-order valence-corrected chi connectivity index (χ0v) is 26.4. The maximum Gasteiger partial charge on any atom is 0.303 e. The molecular formula is C33H49NO3S2. The number of carbonyl (C=O) groups is 2. The molecule has 9 aliphatic rings. The van der Waals surface area contributed by atoms with E-state index in [1.54, 1.807) is 13.8 Å². The summed E-state index contributed by atoms with van der Waals surface area (Å²) in [7, 11) is 0. The molecule has 8 fully saturated rings. The van der Waals surface area contributed by atoms with Crippen molar-refractivity contribution < 1.29 is 14.3 Å². The summed E-state index contributed by atoms with van der Waals surface area (Å²) in [6.45, 7) is 10.1. The largest absolute Gasteiger partial charge is 0.455 e. The van der Waals surface area contributed by atoms with Crippen LogP contribution in [0.4, 0.5) is 0 Å². The Labute approximate surface area is 244 Å². The zero-order chi connectivity index (χ0) is 27.3. The van der Waals surface area contributed by atoms with E-state index in [-0.39, 0.29) is 38.9 Å². The van der Waals surface area contributed by atoms with E-state index in [0.717, 1.165) is 35.5 Å². The van der Waals surface area contributed by atoms with Crippen LogP contribution in [0.5, 0.6) is 0 Å². The van der Waals surface area contributed by atoms with Crippen molar-refractivity contribution >= 4 is 35.4 Å². The molecule has 0 aromatic rings. The molecule has 9 rings (SSSR count). The monoisotopic (exact) mass is 571 g/mol. The molecule has 0 radical (unpaired) electrons. The number of thioether (sulfide) groups is 2. The molecule has 0 aromatic carbocycles. The number of hydrogen-bond acceptors (Lipinski definition) is 5. The van der Waals surface area contributed by atoms with Crippen molar-refractivity contribution in [1.82, 2.24) is 4.90 Å². The van der Waals surface area contributed by atoms with Gasteiger partial charge in [0.25, 0.3) is 0 Å². The number of esters is 1. The SMILES string of the molecule is CC(=O)O[C@@H]1C(C(C)(C)C)=C[C@@H](SC23CC4CC(CC(C4)C2)C3)N(C(C)=O)[C@H]1SC12CC3CC(CC(C3)C1)C2. The van der Waals surface area contributed by atoms with Crippen LogP contribution < -0.4 is 0 Å². The second kappa shape index (κ2) is 9.44. The maximum atomic E-state index is 13.7. The molecule has 0 N–H and O–H groups in total. The summed E-state index contributed by atoms with van der Waals surface area (Å²) in [4.78, 5) is 28.5. The van der Waals surface area contributed by atoms with E-state index in [1.165, 1.54) is 82.6 Å². The molecule has 0 saturated heterocycles. The predicted octanol–water partition coefficient (Wildman–Crippen LogP) is 7.81. The van der Waals surface area contributed by atoms with Crippen LogP contribution in [0, 0.1) is 40.9 Å². The quantitative estimate of drug-likeness (QED) is 0.249. The molecule has 0 unspecified atom stereocenters. The van der Waals surface area contributed by atoms with Crippen LogP contribution in [0.25, 0.3) is 0 Å². The summed E-state index contributed by atoms with van der Waals surface area (Å²) < 4.78 is 6.77. The molecule has 1 aliphatic heterocycles. The van der Waals surface area contributed by atoms with Crippen molar-refractivity contribution in [1.29, 1.82) is 0 Å². The van der Waals surface area contributed by atoms with E-state index >= 15 is 0 Å². The van der Waals surface area contributed by atoms with E-state index in [1.807, 2.05) is 0 Å². The highest BCUT2D eigenvalue weighted by Gasteiger charge is 2.57. The van der Waals surface area contributed by atoms with Crippen LogP contribution in [-0.2, 0) is 14.3 Å². The van der Waals surface area contributed by atoms with Crippen molar-refractivity contribution in [2.24, 2.45) is 40.9 Å². The Hall–Kier alpha value is -0.620. The van der Waals surface area contributed by atoms with Gasteiger partial charge in [-0.15, -0.1) is 23.5 Å². The van der Waals surface area contributed by atoms with E-state index in [9.17, 15) is 9.59 Å². The number of carbonyl (C=O) groups excluding carboxylic acids is 2. The van der Waals surface area contributed by atoms with Gasteiger partial charge >= 0.3 is 5.97 Å². The van der Waals surface area contributed by atoms with Gasteiger partial charge in [0.05, 0.1) is 5.37 Å². The van der Waals surface area contributed by atoms with Gasteiger partial charge in [-0.2, -0.15) is 0 Å². The smallest absolute Gasteiger partial charge is 0.303 e. The van der Waals surface area contributed by atoms with Crippen LogP contribution >= 0.6 is 23.5 Å². The molecule has 8 saturated carbocycles. The van der Waals surface area contributed by atoms with Crippen LogP contribution in [0.3, 0.4) is 0 Å². The average Bonchev–Trinajstić information content (AvgIpc) is 2.77. The van der Waals surface area contributed by atoms with E-state index in [2.05, 4.69) is 55.3 Å². The Kier molecular flexibility index (Phi) is 6.59. The first kappa shape index (κ1) is 27.2.